The van der Waals surface area contributed by atoms with Crippen LogP contribution in [0.5, 0.6) is 23.0 Å². The van der Waals surface area contributed by atoms with Gasteiger partial charge in [0.2, 0.25) is 0 Å². The van der Waals surface area contributed by atoms with Gasteiger partial charge in [-0.1, -0.05) is 40.2 Å². The van der Waals surface area contributed by atoms with Crippen LogP contribution >= 0.6 is 15.9 Å². The number of aryl methyl sites for hydroxylation is 1. The first kappa shape index (κ1) is 40.4. The summed E-state index contributed by atoms with van der Waals surface area (Å²) < 4.78 is 76.5. The third-order valence-corrected chi connectivity index (χ3v) is 10.7. The number of nitrogens with one attached hydrogen (secondary N) is 1. The zero-order valence-electron chi connectivity index (χ0n) is 29.4. The number of halogens is 1. The van der Waals surface area contributed by atoms with E-state index in [9.17, 15) is 26.4 Å². The van der Waals surface area contributed by atoms with E-state index in [1.807, 2.05) is 24.3 Å². The fourth-order valence-electron chi connectivity index (χ4n) is 5.30. The topological polar surface area (TPSA) is 164 Å². The van der Waals surface area contributed by atoms with Crippen LogP contribution in [0.15, 0.2) is 107 Å². The molecule has 1 fully saturated rings. The van der Waals surface area contributed by atoms with Gasteiger partial charge in [-0.15, -0.1) is 0 Å². The highest BCUT2D eigenvalue weighted by molar-refractivity contribution is 9.10. The molecule has 286 valence electrons. The van der Waals surface area contributed by atoms with Gasteiger partial charge in [0, 0.05) is 10.2 Å². The van der Waals surface area contributed by atoms with Crippen LogP contribution in [-0.4, -0.2) is 77.8 Å². The minimum Gasteiger partial charge on any atom is -0.485 e. The van der Waals surface area contributed by atoms with Gasteiger partial charge >= 0.3 is 11.8 Å². The summed E-state index contributed by atoms with van der Waals surface area (Å²) in [7, 11) is -7.43. The zero-order valence-corrected chi connectivity index (χ0v) is 32.6. The number of anilines is 1. The first-order valence-corrected chi connectivity index (χ1v) is 20.8. The normalized spacial score (nSPS) is 15.9. The molecule has 0 bridgehead atoms. The van der Waals surface area contributed by atoms with Crippen molar-refractivity contribution in [1.29, 1.82) is 0 Å². The van der Waals surface area contributed by atoms with E-state index in [1.165, 1.54) is 11.0 Å². The summed E-state index contributed by atoms with van der Waals surface area (Å²) in [6.07, 6.45) is 0.247. The van der Waals surface area contributed by atoms with Gasteiger partial charge in [0.05, 0.1) is 37.5 Å². The number of nitrogens with zero attached hydrogens (tertiary/aromatic N) is 1. The number of hydrogen-bond donors (Lipinski definition) is 1. The van der Waals surface area contributed by atoms with Crippen molar-refractivity contribution >= 4 is 59.7 Å². The number of amides is 2. The van der Waals surface area contributed by atoms with E-state index in [0.717, 1.165) is 15.4 Å². The number of benzene rings is 4. The Labute approximate surface area is 323 Å². The Bertz CT molecular complexity index is 2130. The van der Waals surface area contributed by atoms with Gasteiger partial charge < -0.3 is 24.4 Å². The minimum absolute atomic E-state index is 0.0184. The average Bonchev–Trinajstić information content (AvgIpc) is 3.54. The third-order valence-electron chi connectivity index (χ3n) is 7.88. The molecule has 0 saturated carbocycles. The van der Waals surface area contributed by atoms with E-state index in [4.69, 9.17) is 22.6 Å². The zero-order chi connectivity index (χ0) is 38.7. The maximum Gasteiger partial charge on any atom is 0.313 e. The van der Waals surface area contributed by atoms with E-state index in [-0.39, 0.29) is 38.5 Å². The predicted octanol–water partition coefficient (Wildman–Crippen LogP) is 6.16. The highest BCUT2D eigenvalue weighted by atomic mass is 79.9. The molecule has 1 aliphatic rings. The van der Waals surface area contributed by atoms with Crippen LogP contribution in [0.3, 0.4) is 0 Å². The molecule has 5 rings (SSSR count). The molecule has 1 heterocycles. The van der Waals surface area contributed by atoms with Crippen LogP contribution in [0.1, 0.15) is 25.0 Å². The van der Waals surface area contributed by atoms with Gasteiger partial charge in [-0.25, -0.2) is 0 Å². The fraction of sp³-hybridized carbons (Fsp3) is 0.263. The van der Waals surface area contributed by atoms with E-state index < -0.39 is 44.3 Å². The fourth-order valence-corrected chi connectivity index (χ4v) is 7.26. The van der Waals surface area contributed by atoms with Crippen molar-refractivity contribution in [2.45, 2.75) is 32.5 Å². The third kappa shape index (κ3) is 12.1. The molecule has 2 amide bonds. The largest absolute Gasteiger partial charge is 0.485 e. The van der Waals surface area contributed by atoms with Crippen molar-refractivity contribution in [3.05, 3.63) is 118 Å². The molecule has 0 spiro atoms. The maximum absolute atomic E-state index is 13.4. The number of rotatable bonds is 16. The van der Waals surface area contributed by atoms with Crippen LogP contribution in [0.4, 0.5) is 5.69 Å². The van der Waals surface area contributed by atoms with Crippen LogP contribution in [-0.2, 0) is 44.6 Å². The number of ether oxygens (including phenoxy) is 3. The molecular formula is C38H39BrN2O11S2. The maximum atomic E-state index is 13.4. The first-order chi connectivity index (χ1) is 25.8. The van der Waals surface area contributed by atoms with Gasteiger partial charge in [0.15, 0.2) is 12.2 Å². The lowest BCUT2D eigenvalue weighted by atomic mass is 10.1. The quantitative estimate of drug-likeness (QED) is 0.102. The molecular weight excluding hydrogens is 804 g/mol. The van der Waals surface area contributed by atoms with Crippen LogP contribution < -0.4 is 19.5 Å². The lowest BCUT2D eigenvalue weighted by molar-refractivity contribution is -0.142. The average molecular weight is 844 g/mol. The van der Waals surface area contributed by atoms with Crippen molar-refractivity contribution in [3.8, 4) is 23.0 Å². The molecule has 16 heteroatoms. The van der Waals surface area contributed by atoms with E-state index in [1.54, 1.807) is 86.6 Å². The van der Waals surface area contributed by atoms with Gasteiger partial charge in [-0.2, -0.15) is 16.8 Å². The Morgan fingerprint density at radius 2 is 1.26 bits per heavy atom. The van der Waals surface area contributed by atoms with E-state index in [2.05, 4.69) is 21.2 Å². The standard InChI is InChI=1S/C38H39BrN2O11S2/c1-3-48-53(44,45)23-21-27-5-13-33(14-6-27)51-35-25-41(26-36(35)52-34-15-7-28(8-16-34)22-24-54(46,47)49-4-2)38(43)37(42)40-30-11-19-32(20-12-30)50-31-17-9-29(39)10-18-31/h5-21,23,35-36H,3-4,22,24-26H2,1-2H3,(H,40,42)/b23-21+/t35-,36-/m1/s1. The number of carbonyl (C=O) groups is 2. The molecule has 0 radical (unpaired) electrons. The number of carbonyl (C=O) groups excluding carboxylic acids is 2. The number of hydrogen-bond acceptors (Lipinski definition) is 11. The lowest BCUT2D eigenvalue weighted by Gasteiger charge is -2.21. The first-order valence-electron chi connectivity index (χ1n) is 16.9. The van der Waals surface area contributed by atoms with E-state index >= 15 is 0 Å². The van der Waals surface area contributed by atoms with Crippen molar-refractivity contribution < 1.29 is 49.0 Å². The second-order valence-electron chi connectivity index (χ2n) is 11.9. The Kier molecular flexibility index (Phi) is 13.9. The smallest absolute Gasteiger partial charge is 0.313 e. The molecule has 54 heavy (non-hydrogen) atoms. The number of likely N-dealkylation sites (tertiary alicyclic amines) is 1. The minimum atomic E-state index is -3.81. The van der Waals surface area contributed by atoms with Crippen LogP contribution in [0, 0.1) is 0 Å². The summed E-state index contributed by atoms with van der Waals surface area (Å²) >= 11 is 3.39. The molecule has 13 nitrogen and oxygen atoms in total. The molecule has 4 aromatic rings. The second-order valence-corrected chi connectivity index (χ2v) is 16.1. The Morgan fingerprint density at radius 1 is 0.741 bits per heavy atom. The molecule has 0 unspecified atom stereocenters. The molecule has 4 aromatic carbocycles. The van der Waals surface area contributed by atoms with Gasteiger partial charge in [-0.3, -0.25) is 18.0 Å². The highest BCUT2D eigenvalue weighted by Crippen LogP contribution is 2.27. The Hall–Kier alpha value is -4.74. The van der Waals surface area contributed by atoms with Crippen molar-refractivity contribution in [2.75, 3.05) is 37.4 Å². The summed E-state index contributed by atoms with van der Waals surface area (Å²) in [5, 5.41) is 3.61. The SMILES string of the molecule is CCOS(=O)(=O)/C=C/c1ccc(O[C@@H]2CN(C(=O)C(=O)Nc3ccc(Oc4ccc(Br)cc4)cc3)C[C@H]2Oc2ccc(CCS(=O)(=O)OCC)cc2)cc1. The van der Waals surface area contributed by atoms with Gasteiger partial charge in [0.1, 0.15) is 23.0 Å². The lowest BCUT2D eigenvalue weighted by Crippen LogP contribution is -2.39. The summed E-state index contributed by atoms with van der Waals surface area (Å²) in [6.45, 7) is 3.33. The van der Waals surface area contributed by atoms with Crippen molar-refractivity contribution in [2.24, 2.45) is 0 Å². The monoisotopic (exact) mass is 842 g/mol. The van der Waals surface area contributed by atoms with Gasteiger partial charge in [0.25, 0.3) is 20.2 Å². The Morgan fingerprint density at radius 3 is 1.81 bits per heavy atom. The van der Waals surface area contributed by atoms with Crippen molar-refractivity contribution in [3.63, 3.8) is 0 Å². The Balaban J connectivity index is 1.26. The summed E-state index contributed by atoms with van der Waals surface area (Å²) in [5.41, 5.74) is 1.74. The molecule has 1 N–H and O–H groups in total. The molecule has 2 atom stereocenters. The van der Waals surface area contributed by atoms with Gasteiger partial charge in [-0.05, 0) is 110 Å². The summed E-state index contributed by atoms with van der Waals surface area (Å²) in [4.78, 5) is 27.9. The summed E-state index contributed by atoms with van der Waals surface area (Å²) in [6, 6.07) is 27.4. The summed E-state index contributed by atoms with van der Waals surface area (Å²) in [5.74, 6) is 0.257. The molecule has 1 saturated heterocycles. The predicted molar refractivity (Wildman–Crippen MR) is 206 cm³/mol. The van der Waals surface area contributed by atoms with Crippen molar-refractivity contribution in [1.82, 2.24) is 4.90 Å². The second kappa shape index (κ2) is 18.5. The van der Waals surface area contributed by atoms with Crippen LogP contribution in [0.2, 0.25) is 0 Å². The van der Waals surface area contributed by atoms with E-state index in [0.29, 0.717) is 34.2 Å². The molecule has 0 aromatic heterocycles. The highest BCUT2D eigenvalue weighted by Gasteiger charge is 2.40. The van der Waals surface area contributed by atoms with Crippen LogP contribution in [0.25, 0.3) is 6.08 Å². The molecule has 0 aliphatic carbocycles. The molecule has 1 aliphatic heterocycles.